The first-order chi connectivity index (χ1) is 13.7. The maximum Gasteiger partial charge on any atom is 0.159 e. The van der Waals surface area contributed by atoms with Crippen LogP contribution in [0.15, 0.2) is 42.7 Å². The summed E-state index contributed by atoms with van der Waals surface area (Å²) in [7, 11) is 0. The van der Waals surface area contributed by atoms with E-state index in [1.807, 2.05) is 18.3 Å². The van der Waals surface area contributed by atoms with E-state index in [1.54, 1.807) is 6.20 Å². The molecule has 28 heavy (non-hydrogen) atoms. The minimum absolute atomic E-state index is 0.570. The SMILES string of the molecule is Fc1ccc(-c2ccc(CN3CCc4nc(C5CC5)ncc4C3)cn2)cc1F. The van der Waals surface area contributed by atoms with Crippen LogP contribution in [-0.2, 0) is 19.5 Å². The molecule has 2 aromatic heterocycles. The van der Waals surface area contributed by atoms with Crippen LogP contribution in [0.1, 0.15) is 41.4 Å². The highest BCUT2D eigenvalue weighted by Crippen LogP contribution is 2.38. The van der Waals surface area contributed by atoms with Crippen molar-refractivity contribution in [2.75, 3.05) is 6.54 Å². The lowest BCUT2D eigenvalue weighted by atomic mass is 10.1. The molecule has 1 saturated carbocycles. The third kappa shape index (κ3) is 3.52. The Morgan fingerprint density at radius 1 is 1.00 bits per heavy atom. The number of fused-ring (bicyclic) bond motifs is 1. The fourth-order valence-corrected chi connectivity index (χ4v) is 3.67. The van der Waals surface area contributed by atoms with E-state index in [0.717, 1.165) is 43.5 Å². The van der Waals surface area contributed by atoms with Gasteiger partial charge in [0.25, 0.3) is 0 Å². The highest BCUT2D eigenvalue weighted by atomic mass is 19.2. The van der Waals surface area contributed by atoms with E-state index in [4.69, 9.17) is 4.98 Å². The predicted molar refractivity (Wildman–Crippen MR) is 101 cm³/mol. The molecule has 4 nitrogen and oxygen atoms in total. The van der Waals surface area contributed by atoms with E-state index in [1.165, 1.54) is 36.2 Å². The summed E-state index contributed by atoms with van der Waals surface area (Å²) in [5.41, 5.74) is 4.70. The van der Waals surface area contributed by atoms with E-state index in [-0.39, 0.29) is 0 Å². The molecule has 3 heterocycles. The third-order valence-corrected chi connectivity index (χ3v) is 5.42. The van der Waals surface area contributed by atoms with Gasteiger partial charge >= 0.3 is 0 Å². The van der Waals surface area contributed by atoms with Crippen LogP contribution in [0.25, 0.3) is 11.3 Å². The molecule has 1 aromatic carbocycles. The van der Waals surface area contributed by atoms with Gasteiger partial charge in [0.1, 0.15) is 5.82 Å². The molecular formula is C22H20F2N4. The van der Waals surface area contributed by atoms with Crippen LogP contribution in [-0.4, -0.2) is 26.4 Å². The summed E-state index contributed by atoms with van der Waals surface area (Å²) in [6, 6.07) is 7.69. The second kappa shape index (κ2) is 7.02. The van der Waals surface area contributed by atoms with Crippen molar-refractivity contribution in [3.63, 3.8) is 0 Å². The van der Waals surface area contributed by atoms with Gasteiger partial charge in [-0.1, -0.05) is 6.07 Å². The lowest BCUT2D eigenvalue weighted by molar-refractivity contribution is 0.242. The lowest BCUT2D eigenvalue weighted by Crippen LogP contribution is -2.31. The molecule has 1 aliphatic heterocycles. The molecule has 0 bridgehead atoms. The number of hydrogen-bond donors (Lipinski definition) is 0. The lowest BCUT2D eigenvalue weighted by Gasteiger charge is -2.28. The van der Waals surface area contributed by atoms with E-state index in [2.05, 4.69) is 14.9 Å². The second-order valence-corrected chi connectivity index (χ2v) is 7.62. The molecule has 1 aliphatic carbocycles. The van der Waals surface area contributed by atoms with Gasteiger partial charge in [-0.2, -0.15) is 0 Å². The summed E-state index contributed by atoms with van der Waals surface area (Å²) in [5.74, 6) is -0.104. The maximum atomic E-state index is 13.4. The minimum Gasteiger partial charge on any atom is -0.294 e. The third-order valence-electron chi connectivity index (χ3n) is 5.42. The molecule has 142 valence electrons. The van der Waals surface area contributed by atoms with Gasteiger partial charge in [0.15, 0.2) is 11.6 Å². The minimum atomic E-state index is -0.859. The zero-order valence-corrected chi connectivity index (χ0v) is 15.4. The smallest absolute Gasteiger partial charge is 0.159 e. The molecule has 0 atom stereocenters. The fraction of sp³-hybridized carbons (Fsp3) is 0.318. The Morgan fingerprint density at radius 2 is 1.89 bits per heavy atom. The number of hydrogen-bond acceptors (Lipinski definition) is 4. The van der Waals surface area contributed by atoms with Crippen LogP contribution in [0.5, 0.6) is 0 Å². The molecule has 0 N–H and O–H groups in total. The van der Waals surface area contributed by atoms with E-state index < -0.39 is 11.6 Å². The maximum absolute atomic E-state index is 13.4. The standard InChI is InChI=1S/C22H20F2N4/c23-18-5-4-16(9-19(18)24)20-6-1-14(10-25-20)12-28-8-7-21-17(13-28)11-26-22(27-21)15-2-3-15/h1,4-6,9-11,15H,2-3,7-8,12-13H2. The van der Waals surface area contributed by atoms with Crippen molar-refractivity contribution >= 4 is 0 Å². The quantitative estimate of drug-likeness (QED) is 0.681. The largest absolute Gasteiger partial charge is 0.294 e. The Kier molecular flexibility index (Phi) is 4.36. The second-order valence-electron chi connectivity index (χ2n) is 7.62. The van der Waals surface area contributed by atoms with Crippen LogP contribution in [0, 0.1) is 11.6 Å². The summed E-state index contributed by atoms with van der Waals surface area (Å²) in [6.45, 7) is 2.58. The molecule has 6 heteroatoms. The summed E-state index contributed by atoms with van der Waals surface area (Å²) >= 11 is 0. The average Bonchev–Trinajstić information content (AvgIpc) is 3.56. The van der Waals surface area contributed by atoms with E-state index in [0.29, 0.717) is 17.2 Å². The summed E-state index contributed by atoms with van der Waals surface area (Å²) < 4.78 is 26.5. The monoisotopic (exact) mass is 378 g/mol. The van der Waals surface area contributed by atoms with Crippen molar-refractivity contribution in [3.8, 4) is 11.3 Å². The summed E-state index contributed by atoms with van der Waals surface area (Å²) in [6.07, 6.45) is 7.18. The Balaban J connectivity index is 1.27. The number of pyridine rings is 1. The number of benzene rings is 1. The van der Waals surface area contributed by atoms with Crippen LogP contribution < -0.4 is 0 Å². The molecule has 0 unspecified atom stereocenters. The Labute approximate surface area is 162 Å². The summed E-state index contributed by atoms with van der Waals surface area (Å²) in [5, 5.41) is 0. The first kappa shape index (κ1) is 17.4. The number of halogens is 2. The molecule has 0 amide bonds. The van der Waals surface area contributed by atoms with Gasteiger partial charge in [-0.05, 0) is 42.7 Å². The first-order valence-corrected chi connectivity index (χ1v) is 9.63. The van der Waals surface area contributed by atoms with Gasteiger partial charge in [-0.15, -0.1) is 0 Å². The molecule has 1 fully saturated rings. The summed E-state index contributed by atoms with van der Waals surface area (Å²) in [4.78, 5) is 16.1. The van der Waals surface area contributed by atoms with Crippen LogP contribution in [0.2, 0.25) is 0 Å². The van der Waals surface area contributed by atoms with E-state index in [9.17, 15) is 8.78 Å². The molecule has 2 aliphatic rings. The molecule has 3 aromatic rings. The Morgan fingerprint density at radius 3 is 2.64 bits per heavy atom. The van der Waals surface area contributed by atoms with Crippen molar-refractivity contribution in [1.82, 2.24) is 19.9 Å². The molecule has 0 spiro atoms. The first-order valence-electron chi connectivity index (χ1n) is 9.63. The van der Waals surface area contributed by atoms with Crippen LogP contribution >= 0.6 is 0 Å². The zero-order valence-electron chi connectivity index (χ0n) is 15.4. The van der Waals surface area contributed by atoms with Crippen molar-refractivity contribution in [2.24, 2.45) is 0 Å². The highest BCUT2D eigenvalue weighted by Gasteiger charge is 2.28. The molecule has 0 saturated heterocycles. The Bertz CT molecular complexity index is 1020. The van der Waals surface area contributed by atoms with Crippen molar-refractivity contribution < 1.29 is 8.78 Å². The van der Waals surface area contributed by atoms with Gasteiger partial charge in [-0.25, -0.2) is 18.7 Å². The van der Waals surface area contributed by atoms with Gasteiger partial charge in [-0.3, -0.25) is 9.88 Å². The van der Waals surface area contributed by atoms with Crippen LogP contribution in [0.4, 0.5) is 8.78 Å². The number of rotatable bonds is 4. The molecule has 0 radical (unpaired) electrons. The molecular weight excluding hydrogens is 358 g/mol. The topological polar surface area (TPSA) is 41.9 Å². The van der Waals surface area contributed by atoms with Crippen LogP contribution in [0.3, 0.4) is 0 Å². The highest BCUT2D eigenvalue weighted by molar-refractivity contribution is 5.59. The van der Waals surface area contributed by atoms with Gasteiger partial charge in [0.05, 0.1) is 5.69 Å². The van der Waals surface area contributed by atoms with Gasteiger partial charge in [0, 0.05) is 61.2 Å². The van der Waals surface area contributed by atoms with Crippen molar-refractivity contribution in [3.05, 3.63) is 77.0 Å². The van der Waals surface area contributed by atoms with Crippen molar-refractivity contribution in [2.45, 2.75) is 38.3 Å². The van der Waals surface area contributed by atoms with Crippen molar-refractivity contribution in [1.29, 1.82) is 0 Å². The number of aromatic nitrogens is 3. The normalized spacial score (nSPS) is 16.8. The Hall–Kier alpha value is -2.73. The predicted octanol–water partition coefficient (Wildman–Crippen LogP) is 4.25. The number of nitrogens with zero attached hydrogens (tertiary/aromatic N) is 4. The zero-order chi connectivity index (χ0) is 19.1. The fourth-order valence-electron chi connectivity index (χ4n) is 3.67. The average molecular weight is 378 g/mol. The molecule has 5 rings (SSSR count). The van der Waals surface area contributed by atoms with Gasteiger partial charge in [0.2, 0.25) is 0 Å². The van der Waals surface area contributed by atoms with E-state index >= 15 is 0 Å². The van der Waals surface area contributed by atoms with Gasteiger partial charge < -0.3 is 0 Å².